The van der Waals surface area contributed by atoms with Crippen molar-refractivity contribution < 1.29 is 9.90 Å². The molecule has 0 aromatic heterocycles. The van der Waals surface area contributed by atoms with Gasteiger partial charge in [-0.1, -0.05) is 45.4 Å². The molecule has 2 rings (SSSR count). The number of rotatable bonds is 5. The van der Waals surface area contributed by atoms with E-state index in [0.717, 1.165) is 32.1 Å². The molecule has 1 amide bonds. The van der Waals surface area contributed by atoms with Crippen LogP contribution in [0.4, 0.5) is 0 Å². The first kappa shape index (κ1) is 16.8. The number of amides is 1. The van der Waals surface area contributed by atoms with E-state index < -0.39 is 5.60 Å². The third kappa shape index (κ3) is 5.95. The number of aliphatic hydroxyl groups is 1. The Morgan fingerprint density at radius 2 is 1.86 bits per heavy atom. The third-order valence-corrected chi connectivity index (χ3v) is 5.03. The Hall–Kier alpha value is -0.610. The molecule has 0 aliphatic heterocycles. The van der Waals surface area contributed by atoms with Crippen LogP contribution in [0.15, 0.2) is 0 Å². The molecule has 0 aromatic carbocycles. The van der Waals surface area contributed by atoms with Crippen LogP contribution < -0.4 is 10.6 Å². The molecular weight excluding hydrogens is 264 g/mol. The molecule has 0 aromatic rings. The third-order valence-electron chi connectivity index (χ3n) is 5.03. The first-order valence-corrected chi connectivity index (χ1v) is 8.80. The molecule has 2 fully saturated rings. The number of hydrogen-bond donors (Lipinski definition) is 3. The number of nitrogens with one attached hydrogen (secondary N) is 2. The van der Waals surface area contributed by atoms with Crippen LogP contribution in [0.2, 0.25) is 0 Å². The summed E-state index contributed by atoms with van der Waals surface area (Å²) in [6.45, 7) is 3.06. The number of carbonyl (C=O) groups is 1. The lowest BCUT2D eigenvalue weighted by atomic mass is 9.79. The Bertz CT molecular complexity index is 327. The van der Waals surface area contributed by atoms with Gasteiger partial charge in [-0.05, 0) is 31.6 Å². The number of hydrogen-bond acceptors (Lipinski definition) is 3. The van der Waals surface area contributed by atoms with Crippen molar-refractivity contribution in [3.05, 3.63) is 0 Å². The fourth-order valence-corrected chi connectivity index (χ4v) is 3.90. The summed E-state index contributed by atoms with van der Waals surface area (Å²) in [7, 11) is 0. The largest absolute Gasteiger partial charge is 0.389 e. The van der Waals surface area contributed by atoms with E-state index in [1.54, 1.807) is 0 Å². The summed E-state index contributed by atoms with van der Waals surface area (Å²) < 4.78 is 0. The minimum Gasteiger partial charge on any atom is -0.389 e. The first-order valence-electron chi connectivity index (χ1n) is 8.80. The van der Waals surface area contributed by atoms with Crippen molar-refractivity contribution in [2.24, 2.45) is 5.92 Å². The molecule has 2 aliphatic carbocycles. The van der Waals surface area contributed by atoms with E-state index in [0.29, 0.717) is 25.0 Å². The van der Waals surface area contributed by atoms with Gasteiger partial charge < -0.3 is 15.7 Å². The van der Waals surface area contributed by atoms with Gasteiger partial charge in [0.1, 0.15) is 0 Å². The summed E-state index contributed by atoms with van der Waals surface area (Å²) in [4.78, 5) is 12.0. The highest BCUT2D eigenvalue weighted by atomic mass is 16.3. The standard InChI is InChI=1S/C17H32N2O2/c1-14-7-6-10-17(21,11-14)13-18-12-16(20)19-15-8-4-2-3-5-9-15/h14-15,18,21H,2-13H2,1H3,(H,19,20). The second-order valence-electron chi connectivity index (χ2n) is 7.29. The monoisotopic (exact) mass is 296 g/mol. The molecular formula is C17H32N2O2. The van der Waals surface area contributed by atoms with E-state index >= 15 is 0 Å². The van der Waals surface area contributed by atoms with Gasteiger partial charge >= 0.3 is 0 Å². The van der Waals surface area contributed by atoms with E-state index in [9.17, 15) is 9.90 Å². The molecule has 122 valence electrons. The van der Waals surface area contributed by atoms with E-state index in [2.05, 4.69) is 17.6 Å². The Morgan fingerprint density at radius 1 is 1.14 bits per heavy atom. The van der Waals surface area contributed by atoms with Crippen molar-refractivity contribution in [1.82, 2.24) is 10.6 Å². The summed E-state index contributed by atoms with van der Waals surface area (Å²) in [5.74, 6) is 0.666. The molecule has 2 aliphatic rings. The van der Waals surface area contributed by atoms with E-state index in [1.807, 2.05) is 0 Å². The van der Waals surface area contributed by atoms with Gasteiger partial charge in [0, 0.05) is 12.6 Å². The van der Waals surface area contributed by atoms with Crippen molar-refractivity contribution in [3.8, 4) is 0 Å². The Balaban J connectivity index is 1.64. The molecule has 21 heavy (non-hydrogen) atoms. The van der Waals surface area contributed by atoms with Gasteiger partial charge in [0.25, 0.3) is 0 Å². The van der Waals surface area contributed by atoms with Gasteiger partial charge in [0.2, 0.25) is 5.91 Å². The van der Waals surface area contributed by atoms with Crippen molar-refractivity contribution >= 4 is 5.91 Å². The van der Waals surface area contributed by atoms with Crippen LogP contribution in [0.1, 0.15) is 71.1 Å². The lowest BCUT2D eigenvalue weighted by molar-refractivity contribution is -0.121. The van der Waals surface area contributed by atoms with Crippen LogP contribution in [-0.2, 0) is 4.79 Å². The van der Waals surface area contributed by atoms with E-state index in [4.69, 9.17) is 0 Å². The summed E-state index contributed by atoms with van der Waals surface area (Å²) in [5, 5.41) is 16.8. The molecule has 2 unspecified atom stereocenters. The zero-order valence-corrected chi connectivity index (χ0v) is 13.5. The molecule has 0 bridgehead atoms. The van der Waals surface area contributed by atoms with E-state index in [-0.39, 0.29) is 5.91 Å². The molecule has 0 saturated heterocycles. The predicted octanol–water partition coefficient (Wildman–Crippen LogP) is 2.36. The van der Waals surface area contributed by atoms with Crippen LogP contribution in [0.25, 0.3) is 0 Å². The molecule has 0 spiro atoms. The highest BCUT2D eigenvalue weighted by molar-refractivity contribution is 5.78. The molecule has 4 nitrogen and oxygen atoms in total. The Morgan fingerprint density at radius 3 is 2.52 bits per heavy atom. The van der Waals surface area contributed by atoms with Gasteiger partial charge in [-0.3, -0.25) is 4.79 Å². The van der Waals surface area contributed by atoms with Gasteiger partial charge in [0.15, 0.2) is 0 Å². The maximum atomic E-state index is 12.0. The molecule has 3 N–H and O–H groups in total. The van der Waals surface area contributed by atoms with Crippen molar-refractivity contribution in [2.75, 3.05) is 13.1 Å². The average molecular weight is 296 g/mol. The van der Waals surface area contributed by atoms with Gasteiger partial charge in [0.05, 0.1) is 12.1 Å². The Kier molecular flexibility index (Phi) is 6.49. The minimum absolute atomic E-state index is 0.0781. The van der Waals surface area contributed by atoms with Crippen LogP contribution in [0, 0.1) is 5.92 Å². The van der Waals surface area contributed by atoms with Crippen molar-refractivity contribution in [2.45, 2.75) is 82.8 Å². The minimum atomic E-state index is -0.611. The first-order chi connectivity index (χ1) is 10.1. The van der Waals surface area contributed by atoms with Crippen LogP contribution in [0.3, 0.4) is 0 Å². The van der Waals surface area contributed by atoms with Crippen molar-refractivity contribution in [3.63, 3.8) is 0 Å². The topological polar surface area (TPSA) is 61.4 Å². The lowest BCUT2D eigenvalue weighted by Gasteiger charge is -2.35. The van der Waals surface area contributed by atoms with Gasteiger partial charge in [-0.15, -0.1) is 0 Å². The molecule has 0 heterocycles. The maximum absolute atomic E-state index is 12.0. The zero-order chi connectivity index (χ0) is 15.1. The Labute approximate surface area is 129 Å². The highest BCUT2D eigenvalue weighted by Gasteiger charge is 2.32. The predicted molar refractivity (Wildman–Crippen MR) is 85.1 cm³/mol. The maximum Gasteiger partial charge on any atom is 0.234 e. The molecule has 0 radical (unpaired) electrons. The number of carbonyl (C=O) groups excluding carboxylic acids is 1. The summed E-state index contributed by atoms with van der Waals surface area (Å²) in [6, 6.07) is 0.361. The fraction of sp³-hybridized carbons (Fsp3) is 0.941. The lowest BCUT2D eigenvalue weighted by Crippen LogP contribution is -2.47. The SMILES string of the molecule is CC1CCCC(O)(CNCC(=O)NC2CCCCCC2)C1. The highest BCUT2D eigenvalue weighted by Crippen LogP contribution is 2.31. The average Bonchev–Trinajstić information content (AvgIpc) is 2.66. The smallest absolute Gasteiger partial charge is 0.234 e. The summed E-state index contributed by atoms with van der Waals surface area (Å²) >= 11 is 0. The zero-order valence-electron chi connectivity index (χ0n) is 13.5. The summed E-state index contributed by atoms with van der Waals surface area (Å²) in [5.41, 5.74) is -0.611. The van der Waals surface area contributed by atoms with Crippen LogP contribution in [0.5, 0.6) is 0 Å². The van der Waals surface area contributed by atoms with E-state index in [1.165, 1.54) is 32.1 Å². The molecule has 2 atom stereocenters. The van der Waals surface area contributed by atoms with Gasteiger partial charge in [-0.2, -0.15) is 0 Å². The second kappa shape index (κ2) is 8.14. The van der Waals surface area contributed by atoms with Crippen molar-refractivity contribution in [1.29, 1.82) is 0 Å². The van der Waals surface area contributed by atoms with Gasteiger partial charge in [-0.25, -0.2) is 0 Å². The quantitative estimate of drug-likeness (QED) is 0.683. The second-order valence-corrected chi connectivity index (χ2v) is 7.29. The molecule has 4 heteroatoms. The van der Waals surface area contributed by atoms with Crippen LogP contribution in [-0.4, -0.2) is 35.7 Å². The fourth-order valence-electron chi connectivity index (χ4n) is 3.90. The molecule has 2 saturated carbocycles. The normalized spacial score (nSPS) is 31.6. The summed E-state index contributed by atoms with van der Waals surface area (Å²) in [6.07, 6.45) is 11.3. The van der Waals surface area contributed by atoms with Crippen LogP contribution >= 0.6 is 0 Å².